The van der Waals surface area contributed by atoms with Gasteiger partial charge in [0.1, 0.15) is 5.82 Å². The van der Waals surface area contributed by atoms with Gasteiger partial charge in [0.15, 0.2) is 5.03 Å². The SMILES string of the molecule is CCc1nc(S(N)(=O)=O)cn1Cc1ccccc1. The first-order chi connectivity index (χ1) is 8.50. The van der Waals surface area contributed by atoms with Gasteiger partial charge in [-0.1, -0.05) is 37.3 Å². The number of nitrogens with two attached hydrogens (primary N) is 1. The zero-order valence-corrected chi connectivity index (χ0v) is 10.9. The summed E-state index contributed by atoms with van der Waals surface area (Å²) in [5.74, 6) is 0.711. The molecule has 2 aromatic rings. The predicted octanol–water partition coefficient (Wildman–Crippen LogP) is 1.14. The number of sulfonamides is 1. The van der Waals surface area contributed by atoms with Crippen molar-refractivity contribution in [3.8, 4) is 0 Å². The van der Waals surface area contributed by atoms with Crippen LogP contribution in [0.3, 0.4) is 0 Å². The Bertz CT molecular complexity index is 633. The molecule has 5 nitrogen and oxygen atoms in total. The Balaban J connectivity index is 2.36. The van der Waals surface area contributed by atoms with Gasteiger partial charge in [0.25, 0.3) is 10.0 Å². The molecule has 0 bridgehead atoms. The highest BCUT2D eigenvalue weighted by molar-refractivity contribution is 7.89. The van der Waals surface area contributed by atoms with Crippen molar-refractivity contribution in [1.29, 1.82) is 0 Å². The van der Waals surface area contributed by atoms with E-state index >= 15 is 0 Å². The third-order valence-electron chi connectivity index (χ3n) is 2.64. The number of benzene rings is 1. The van der Waals surface area contributed by atoms with Crippen LogP contribution < -0.4 is 5.14 Å². The summed E-state index contributed by atoms with van der Waals surface area (Å²) in [5, 5.41) is 5.01. The molecule has 96 valence electrons. The molecular weight excluding hydrogens is 250 g/mol. The highest BCUT2D eigenvalue weighted by atomic mass is 32.2. The molecule has 0 atom stereocenters. The molecule has 0 aliphatic heterocycles. The Morgan fingerprint density at radius 3 is 2.50 bits per heavy atom. The summed E-state index contributed by atoms with van der Waals surface area (Å²) in [7, 11) is -3.74. The van der Waals surface area contributed by atoms with Crippen LogP contribution in [0.25, 0.3) is 0 Å². The first kappa shape index (κ1) is 12.8. The maximum atomic E-state index is 11.3. The Morgan fingerprint density at radius 1 is 1.28 bits per heavy atom. The van der Waals surface area contributed by atoms with Crippen molar-refractivity contribution < 1.29 is 8.42 Å². The second kappa shape index (κ2) is 4.91. The second-order valence-electron chi connectivity index (χ2n) is 4.01. The molecular formula is C12H15N3O2S. The van der Waals surface area contributed by atoms with Gasteiger partial charge in [0.2, 0.25) is 0 Å². The molecule has 0 spiro atoms. The lowest BCUT2D eigenvalue weighted by Gasteiger charge is -2.05. The number of primary sulfonamides is 1. The van der Waals surface area contributed by atoms with Crippen molar-refractivity contribution in [2.24, 2.45) is 5.14 Å². The van der Waals surface area contributed by atoms with Crippen LogP contribution in [0.2, 0.25) is 0 Å². The number of hydrogen-bond acceptors (Lipinski definition) is 3. The van der Waals surface area contributed by atoms with Gasteiger partial charge in [-0.25, -0.2) is 18.5 Å². The van der Waals surface area contributed by atoms with Crippen LogP contribution >= 0.6 is 0 Å². The summed E-state index contributed by atoms with van der Waals surface area (Å²) < 4.78 is 24.4. The van der Waals surface area contributed by atoms with E-state index in [-0.39, 0.29) is 5.03 Å². The Hall–Kier alpha value is -1.66. The van der Waals surface area contributed by atoms with E-state index in [0.717, 1.165) is 5.56 Å². The van der Waals surface area contributed by atoms with E-state index in [1.165, 1.54) is 6.20 Å². The Morgan fingerprint density at radius 2 is 1.94 bits per heavy atom. The summed E-state index contributed by atoms with van der Waals surface area (Å²) in [5.41, 5.74) is 1.09. The van der Waals surface area contributed by atoms with Gasteiger partial charge in [-0.3, -0.25) is 0 Å². The molecule has 1 heterocycles. The summed E-state index contributed by atoms with van der Waals surface area (Å²) in [6, 6.07) is 9.79. The molecule has 2 rings (SSSR count). The van der Waals surface area contributed by atoms with Gasteiger partial charge in [0, 0.05) is 19.2 Å². The average molecular weight is 265 g/mol. The maximum Gasteiger partial charge on any atom is 0.257 e. The third-order valence-corrected chi connectivity index (χ3v) is 3.42. The molecule has 0 fully saturated rings. The second-order valence-corrected chi connectivity index (χ2v) is 5.52. The van der Waals surface area contributed by atoms with Crippen molar-refractivity contribution in [3.05, 3.63) is 47.9 Å². The molecule has 0 amide bonds. The average Bonchev–Trinajstić information content (AvgIpc) is 2.73. The molecule has 2 N–H and O–H groups in total. The molecule has 1 aromatic carbocycles. The largest absolute Gasteiger partial charge is 0.329 e. The van der Waals surface area contributed by atoms with Crippen molar-refractivity contribution in [1.82, 2.24) is 9.55 Å². The van der Waals surface area contributed by atoms with Crippen molar-refractivity contribution in [2.75, 3.05) is 0 Å². The molecule has 0 saturated carbocycles. The third kappa shape index (κ3) is 2.77. The fraction of sp³-hybridized carbons (Fsp3) is 0.250. The predicted molar refractivity (Wildman–Crippen MR) is 68.5 cm³/mol. The van der Waals surface area contributed by atoms with Gasteiger partial charge >= 0.3 is 0 Å². The molecule has 0 radical (unpaired) electrons. The van der Waals surface area contributed by atoms with Gasteiger partial charge in [0.05, 0.1) is 0 Å². The topological polar surface area (TPSA) is 78.0 Å². The number of hydrogen-bond donors (Lipinski definition) is 1. The molecule has 0 saturated heterocycles. The van der Waals surface area contributed by atoms with E-state index in [1.807, 2.05) is 41.8 Å². The van der Waals surface area contributed by atoms with Crippen LogP contribution in [0.4, 0.5) is 0 Å². The van der Waals surface area contributed by atoms with Crippen molar-refractivity contribution in [2.45, 2.75) is 24.9 Å². The first-order valence-electron chi connectivity index (χ1n) is 5.63. The maximum absolute atomic E-state index is 11.3. The highest BCUT2D eigenvalue weighted by Gasteiger charge is 2.15. The molecule has 18 heavy (non-hydrogen) atoms. The standard InChI is InChI=1S/C12H15N3O2S/c1-2-11-14-12(18(13,16)17)9-15(11)8-10-6-4-3-5-7-10/h3-7,9H,2,8H2,1H3,(H2,13,16,17). The minimum atomic E-state index is -3.74. The Kier molecular flexibility index (Phi) is 3.49. The van der Waals surface area contributed by atoms with Crippen LogP contribution in [-0.2, 0) is 23.0 Å². The summed E-state index contributed by atoms with van der Waals surface area (Å²) in [4.78, 5) is 4.05. The van der Waals surface area contributed by atoms with E-state index in [4.69, 9.17) is 5.14 Å². The fourth-order valence-corrected chi connectivity index (χ4v) is 2.27. The van der Waals surface area contributed by atoms with E-state index in [9.17, 15) is 8.42 Å². The lowest BCUT2D eigenvalue weighted by Crippen LogP contribution is -2.12. The van der Waals surface area contributed by atoms with Crippen LogP contribution in [0.5, 0.6) is 0 Å². The molecule has 0 unspecified atom stereocenters. The minimum Gasteiger partial charge on any atom is -0.329 e. The van der Waals surface area contributed by atoms with Gasteiger partial charge in [-0.05, 0) is 5.56 Å². The van der Waals surface area contributed by atoms with Crippen molar-refractivity contribution >= 4 is 10.0 Å². The quantitative estimate of drug-likeness (QED) is 0.900. The highest BCUT2D eigenvalue weighted by Crippen LogP contribution is 2.11. The van der Waals surface area contributed by atoms with Crippen LogP contribution in [0.1, 0.15) is 18.3 Å². The van der Waals surface area contributed by atoms with Crippen LogP contribution in [0, 0.1) is 0 Å². The van der Waals surface area contributed by atoms with Crippen LogP contribution in [0.15, 0.2) is 41.6 Å². The number of imidazole rings is 1. The van der Waals surface area contributed by atoms with E-state index in [2.05, 4.69) is 4.98 Å². The van der Waals surface area contributed by atoms with Gasteiger partial charge in [-0.2, -0.15) is 0 Å². The fourth-order valence-electron chi connectivity index (χ4n) is 1.76. The van der Waals surface area contributed by atoms with E-state index < -0.39 is 10.0 Å². The lowest BCUT2D eigenvalue weighted by atomic mass is 10.2. The molecule has 6 heteroatoms. The smallest absolute Gasteiger partial charge is 0.257 e. The van der Waals surface area contributed by atoms with Gasteiger partial charge < -0.3 is 4.57 Å². The van der Waals surface area contributed by atoms with E-state index in [0.29, 0.717) is 18.8 Å². The number of aryl methyl sites for hydroxylation is 1. The molecule has 0 aliphatic rings. The first-order valence-corrected chi connectivity index (χ1v) is 7.18. The normalized spacial score (nSPS) is 11.7. The molecule has 1 aromatic heterocycles. The van der Waals surface area contributed by atoms with E-state index in [1.54, 1.807) is 0 Å². The summed E-state index contributed by atoms with van der Waals surface area (Å²) in [6.45, 7) is 2.52. The number of nitrogens with zero attached hydrogens (tertiary/aromatic N) is 2. The van der Waals surface area contributed by atoms with Gasteiger partial charge in [-0.15, -0.1) is 0 Å². The van der Waals surface area contributed by atoms with Crippen molar-refractivity contribution in [3.63, 3.8) is 0 Å². The van der Waals surface area contributed by atoms with Crippen LogP contribution in [-0.4, -0.2) is 18.0 Å². The number of aromatic nitrogens is 2. The number of rotatable bonds is 4. The lowest BCUT2D eigenvalue weighted by molar-refractivity contribution is 0.594. The molecule has 0 aliphatic carbocycles. The zero-order chi connectivity index (χ0) is 13.2. The monoisotopic (exact) mass is 265 g/mol. The summed E-state index contributed by atoms with van der Waals surface area (Å²) >= 11 is 0. The summed E-state index contributed by atoms with van der Waals surface area (Å²) in [6.07, 6.45) is 2.14. The Labute approximate surface area is 106 Å². The minimum absolute atomic E-state index is 0.0738. The zero-order valence-electron chi connectivity index (χ0n) is 10.1.